The SMILES string of the molecule is Cc1c2c(c3c(oc4ncccc43)c1-c1ccc3ccccc3[n+]1C)C(C)(C)CCC2(C)C. The highest BCUT2D eigenvalue weighted by Crippen LogP contribution is 2.54. The van der Waals surface area contributed by atoms with Crippen molar-refractivity contribution in [2.75, 3.05) is 0 Å². The molecule has 3 nitrogen and oxygen atoms in total. The van der Waals surface area contributed by atoms with E-state index < -0.39 is 0 Å². The van der Waals surface area contributed by atoms with Crippen molar-refractivity contribution in [1.82, 2.24) is 4.98 Å². The third-order valence-corrected chi connectivity index (χ3v) is 8.01. The Morgan fingerprint density at radius 2 is 1.61 bits per heavy atom. The van der Waals surface area contributed by atoms with Crippen LogP contribution in [-0.2, 0) is 17.9 Å². The highest BCUT2D eigenvalue weighted by atomic mass is 16.3. The highest BCUT2D eigenvalue weighted by Gasteiger charge is 2.42. The molecular weight excluding hydrogens is 404 g/mol. The van der Waals surface area contributed by atoms with E-state index in [-0.39, 0.29) is 10.8 Å². The summed E-state index contributed by atoms with van der Waals surface area (Å²) in [6.07, 6.45) is 4.17. The number of benzene rings is 2. The van der Waals surface area contributed by atoms with Crippen molar-refractivity contribution in [2.24, 2.45) is 7.05 Å². The summed E-state index contributed by atoms with van der Waals surface area (Å²) in [7, 11) is 2.17. The van der Waals surface area contributed by atoms with Crippen LogP contribution in [0.3, 0.4) is 0 Å². The van der Waals surface area contributed by atoms with E-state index in [0.717, 1.165) is 23.1 Å². The molecule has 3 heterocycles. The summed E-state index contributed by atoms with van der Waals surface area (Å²) in [6, 6.07) is 17.2. The number of rotatable bonds is 1. The Kier molecular flexibility index (Phi) is 4.12. The Hall–Kier alpha value is -3.20. The molecule has 0 saturated carbocycles. The molecule has 0 radical (unpaired) electrons. The third kappa shape index (κ3) is 2.75. The van der Waals surface area contributed by atoms with Gasteiger partial charge in [-0.2, -0.15) is 4.57 Å². The highest BCUT2D eigenvalue weighted by molar-refractivity contribution is 6.12. The fraction of sp³-hybridized carbons (Fsp3) is 0.333. The van der Waals surface area contributed by atoms with E-state index in [9.17, 15) is 0 Å². The normalized spacial score (nSPS) is 17.0. The van der Waals surface area contributed by atoms with Gasteiger partial charge in [-0.05, 0) is 71.6 Å². The Labute approximate surface area is 195 Å². The predicted molar refractivity (Wildman–Crippen MR) is 136 cm³/mol. The average Bonchev–Trinajstić information content (AvgIpc) is 3.16. The molecule has 6 rings (SSSR count). The fourth-order valence-electron chi connectivity index (χ4n) is 6.27. The summed E-state index contributed by atoms with van der Waals surface area (Å²) in [5.74, 6) is 0. The molecule has 3 aromatic heterocycles. The largest absolute Gasteiger partial charge is 0.437 e. The molecule has 1 aliphatic rings. The van der Waals surface area contributed by atoms with E-state index in [1.54, 1.807) is 0 Å². The van der Waals surface area contributed by atoms with Crippen LogP contribution in [0.5, 0.6) is 0 Å². The minimum absolute atomic E-state index is 0.0740. The number of aryl methyl sites for hydroxylation is 1. The predicted octanol–water partition coefficient (Wildman–Crippen LogP) is 7.28. The lowest BCUT2D eigenvalue weighted by Crippen LogP contribution is -2.36. The van der Waals surface area contributed by atoms with Gasteiger partial charge in [-0.15, -0.1) is 0 Å². The van der Waals surface area contributed by atoms with Gasteiger partial charge in [0.25, 0.3) is 0 Å². The minimum atomic E-state index is 0.0740. The lowest BCUT2D eigenvalue weighted by Gasteiger charge is -2.43. The molecule has 1 aliphatic carbocycles. The van der Waals surface area contributed by atoms with Crippen LogP contribution < -0.4 is 4.57 Å². The van der Waals surface area contributed by atoms with Gasteiger partial charge in [0, 0.05) is 34.5 Å². The topological polar surface area (TPSA) is 29.9 Å². The number of furan rings is 1. The van der Waals surface area contributed by atoms with Gasteiger partial charge in [-0.1, -0.05) is 39.8 Å². The first-order valence-electron chi connectivity index (χ1n) is 11.9. The zero-order chi connectivity index (χ0) is 23.1. The molecular formula is C30H31N2O+. The van der Waals surface area contributed by atoms with E-state index in [1.807, 2.05) is 12.3 Å². The summed E-state index contributed by atoms with van der Waals surface area (Å²) < 4.78 is 8.90. The van der Waals surface area contributed by atoms with Crippen molar-refractivity contribution < 1.29 is 8.98 Å². The Morgan fingerprint density at radius 3 is 2.39 bits per heavy atom. The molecule has 0 amide bonds. The lowest BCUT2D eigenvalue weighted by atomic mass is 9.60. The molecule has 0 saturated heterocycles. The zero-order valence-electron chi connectivity index (χ0n) is 20.4. The Balaban J connectivity index is 1.86. The van der Waals surface area contributed by atoms with Gasteiger partial charge in [0.1, 0.15) is 7.05 Å². The third-order valence-electron chi connectivity index (χ3n) is 8.01. The Morgan fingerprint density at radius 1 is 0.879 bits per heavy atom. The van der Waals surface area contributed by atoms with E-state index in [4.69, 9.17) is 4.42 Å². The molecule has 5 aromatic rings. The summed E-state index contributed by atoms with van der Waals surface area (Å²) in [4.78, 5) is 4.61. The maximum absolute atomic E-state index is 6.59. The molecule has 166 valence electrons. The van der Waals surface area contributed by atoms with Crippen molar-refractivity contribution in [3.63, 3.8) is 0 Å². The second kappa shape index (κ2) is 6.66. The van der Waals surface area contributed by atoms with Crippen molar-refractivity contribution in [3.8, 4) is 11.3 Å². The van der Waals surface area contributed by atoms with E-state index in [2.05, 4.69) is 93.7 Å². The van der Waals surface area contributed by atoms with Gasteiger partial charge < -0.3 is 4.42 Å². The van der Waals surface area contributed by atoms with E-state index >= 15 is 0 Å². The second-order valence-electron chi connectivity index (χ2n) is 11.0. The van der Waals surface area contributed by atoms with Crippen molar-refractivity contribution >= 4 is 33.0 Å². The minimum Gasteiger partial charge on any atom is -0.437 e. The maximum atomic E-state index is 6.59. The van der Waals surface area contributed by atoms with Crippen LogP contribution in [-0.4, -0.2) is 4.98 Å². The zero-order valence-corrected chi connectivity index (χ0v) is 20.4. The monoisotopic (exact) mass is 435 g/mol. The van der Waals surface area contributed by atoms with Gasteiger partial charge in [-0.25, -0.2) is 4.98 Å². The van der Waals surface area contributed by atoms with E-state index in [1.165, 1.54) is 50.7 Å². The van der Waals surface area contributed by atoms with Gasteiger partial charge in [0.15, 0.2) is 5.58 Å². The summed E-state index contributed by atoms with van der Waals surface area (Å²) in [5, 5.41) is 3.61. The van der Waals surface area contributed by atoms with Crippen LogP contribution in [0.2, 0.25) is 0 Å². The second-order valence-corrected chi connectivity index (χ2v) is 11.0. The summed E-state index contributed by atoms with van der Waals surface area (Å²) >= 11 is 0. The fourth-order valence-corrected chi connectivity index (χ4v) is 6.27. The van der Waals surface area contributed by atoms with Gasteiger partial charge in [0.05, 0.1) is 5.56 Å². The average molecular weight is 436 g/mol. The maximum Gasteiger partial charge on any atom is 0.227 e. The molecule has 2 aromatic carbocycles. The number of hydrogen-bond donors (Lipinski definition) is 0. The van der Waals surface area contributed by atoms with Crippen LogP contribution in [0.25, 0.3) is 44.2 Å². The molecule has 0 fully saturated rings. The standard InChI is InChI=1S/C30H31N2O/c1-18-23(22-14-13-19-10-7-8-12-21(19)32(22)6)27-24(20-11-9-17-31-28(20)33-27)26-25(18)29(2,3)15-16-30(26,4)5/h7-14,17H,15-16H2,1-6H3/q+1. The summed E-state index contributed by atoms with van der Waals surface area (Å²) in [5.41, 5.74) is 9.73. The van der Waals surface area contributed by atoms with Gasteiger partial charge in [0.2, 0.25) is 16.9 Å². The van der Waals surface area contributed by atoms with E-state index in [0.29, 0.717) is 0 Å². The molecule has 0 spiro atoms. The van der Waals surface area contributed by atoms with Gasteiger partial charge >= 0.3 is 0 Å². The first-order chi connectivity index (χ1) is 15.7. The van der Waals surface area contributed by atoms with Crippen molar-refractivity contribution in [3.05, 3.63) is 71.4 Å². The van der Waals surface area contributed by atoms with Gasteiger partial charge in [-0.3, -0.25) is 0 Å². The molecule has 0 bridgehead atoms. The number of fused-ring (bicyclic) bond motifs is 6. The van der Waals surface area contributed by atoms with Crippen LogP contribution in [0.4, 0.5) is 0 Å². The number of para-hydroxylation sites is 1. The molecule has 0 atom stereocenters. The lowest BCUT2D eigenvalue weighted by molar-refractivity contribution is -0.633. The molecule has 0 unspecified atom stereocenters. The molecule has 0 aliphatic heterocycles. The number of aromatic nitrogens is 2. The van der Waals surface area contributed by atoms with Crippen LogP contribution in [0.1, 0.15) is 57.2 Å². The number of hydrogen-bond acceptors (Lipinski definition) is 2. The van der Waals surface area contributed by atoms with Crippen LogP contribution in [0.15, 0.2) is 59.1 Å². The van der Waals surface area contributed by atoms with Crippen molar-refractivity contribution in [1.29, 1.82) is 0 Å². The molecule has 0 N–H and O–H groups in total. The molecule has 3 heteroatoms. The smallest absolute Gasteiger partial charge is 0.227 e. The first-order valence-corrected chi connectivity index (χ1v) is 11.9. The quantitative estimate of drug-likeness (QED) is 0.259. The number of pyridine rings is 2. The van der Waals surface area contributed by atoms with Crippen LogP contribution >= 0.6 is 0 Å². The Bertz CT molecular complexity index is 1590. The first kappa shape index (κ1) is 20.4. The van der Waals surface area contributed by atoms with Crippen LogP contribution in [0, 0.1) is 6.92 Å². The van der Waals surface area contributed by atoms with Crippen molar-refractivity contribution in [2.45, 2.75) is 58.3 Å². The molecule has 33 heavy (non-hydrogen) atoms. The number of nitrogens with zero attached hydrogens (tertiary/aromatic N) is 2. The summed E-state index contributed by atoms with van der Waals surface area (Å²) in [6.45, 7) is 11.9.